The van der Waals surface area contributed by atoms with E-state index in [1.165, 1.54) is 18.2 Å². The summed E-state index contributed by atoms with van der Waals surface area (Å²) in [5.41, 5.74) is 0.373. The number of piperazine rings is 1. The lowest BCUT2D eigenvalue weighted by atomic mass is 10.1. The fraction of sp³-hybridized carbons (Fsp3) is 0.417. The van der Waals surface area contributed by atoms with E-state index in [1.54, 1.807) is 4.90 Å². The van der Waals surface area contributed by atoms with Crippen LogP contribution in [-0.4, -0.2) is 48.9 Å². The van der Waals surface area contributed by atoms with Crippen LogP contribution in [0.4, 0.5) is 4.39 Å². The maximum absolute atomic E-state index is 12.9. The SMILES string of the molecule is CN1CCN(C(=O)c2ccc(F)cc2Cl)CC1. The quantitative estimate of drug-likeness (QED) is 0.766. The molecule has 0 radical (unpaired) electrons. The first-order valence-electron chi connectivity index (χ1n) is 5.51. The van der Waals surface area contributed by atoms with Gasteiger partial charge in [0, 0.05) is 26.2 Å². The first kappa shape index (κ1) is 12.3. The van der Waals surface area contributed by atoms with E-state index in [0.29, 0.717) is 18.7 Å². The Bertz CT molecular complexity index is 431. The zero-order valence-corrected chi connectivity index (χ0v) is 10.4. The van der Waals surface area contributed by atoms with E-state index in [-0.39, 0.29) is 10.9 Å². The number of benzene rings is 1. The minimum absolute atomic E-state index is 0.122. The Morgan fingerprint density at radius 2 is 1.94 bits per heavy atom. The third-order valence-corrected chi connectivity index (χ3v) is 3.26. The van der Waals surface area contributed by atoms with Crippen LogP contribution in [0.1, 0.15) is 10.4 Å². The van der Waals surface area contributed by atoms with Crippen molar-refractivity contribution in [2.45, 2.75) is 0 Å². The molecule has 1 aromatic rings. The van der Waals surface area contributed by atoms with Crippen molar-refractivity contribution >= 4 is 17.5 Å². The van der Waals surface area contributed by atoms with Gasteiger partial charge in [-0.1, -0.05) is 11.6 Å². The molecular formula is C12H14ClFN2O. The molecule has 1 fully saturated rings. The van der Waals surface area contributed by atoms with Gasteiger partial charge in [-0.3, -0.25) is 4.79 Å². The maximum Gasteiger partial charge on any atom is 0.255 e. The third kappa shape index (κ3) is 2.76. The summed E-state index contributed by atoms with van der Waals surface area (Å²) >= 11 is 5.87. The van der Waals surface area contributed by atoms with Crippen LogP contribution in [0.5, 0.6) is 0 Å². The molecule has 92 valence electrons. The number of hydrogen-bond donors (Lipinski definition) is 0. The van der Waals surface area contributed by atoms with Crippen LogP contribution in [0.2, 0.25) is 5.02 Å². The molecule has 0 N–H and O–H groups in total. The highest BCUT2D eigenvalue weighted by atomic mass is 35.5. The lowest BCUT2D eigenvalue weighted by Gasteiger charge is -2.32. The molecule has 2 rings (SSSR count). The Labute approximate surface area is 105 Å². The van der Waals surface area contributed by atoms with Crippen molar-refractivity contribution in [2.24, 2.45) is 0 Å². The Kier molecular flexibility index (Phi) is 3.64. The molecule has 0 spiro atoms. The van der Waals surface area contributed by atoms with Crippen molar-refractivity contribution in [1.29, 1.82) is 0 Å². The van der Waals surface area contributed by atoms with Crippen molar-refractivity contribution in [2.75, 3.05) is 33.2 Å². The van der Waals surface area contributed by atoms with Gasteiger partial charge in [0.05, 0.1) is 10.6 Å². The molecule has 5 heteroatoms. The van der Waals surface area contributed by atoms with Crippen molar-refractivity contribution in [1.82, 2.24) is 9.80 Å². The van der Waals surface area contributed by atoms with Gasteiger partial charge in [0.2, 0.25) is 0 Å². The third-order valence-electron chi connectivity index (χ3n) is 2.95. The zero-order chi connectivity index (χ0) is 12.4. The summed E-state index contributed by atoms with van der Waals surface area (Å²) in [7, 11) is 2.02. The molecule has 1 amide bonds. The van der Waals surface area contributed by atoms with Crippen molar-refractivity contribution < 1.29 is 9.18 Å². The lowest BCUT2D eigenvalue weighted by molar-refractivity contribution is 0.0664. The summed E-state index contributed by atoms with van der Waals surface area (Å²) < 4.78 is 12.9. The Balaban J connectivity index is 2.14. The van der Waals surface area contributed by atoms with Crippen LogP contribution >= 0.6 is 11.6 Å². The minimum atomic E-state index is -0.426. The minimum Gasteiger partial charge on any atom is -0.336 e. The molecule has 17 heavy (non-hydrogen) atoms. The van der Waals surface area contributed by atoms with E-state index < -0.39 is 5.82 Å². The predicted octanol–water partition coefficient (Wildman–Crippen LogP) is 1.87. The molecule has 1 saturated heterocycles. The molecule has 0 unspecified atom stereocenters. The number of rotatable bonds is 1. The first-order chi connectivity index (χ1) is 8.08. The van der Waals surface area contributed by atoms with Gasteiger partial charge in [-0.2, -0.15) is 0 Å². The highest BCUT2D eigenvalue weighted by molar-refractivity contribution is 6.33. The number of likely N-dealkylation sites (N-methyl/N-ethyl adjacent to an activating group) is 1. The second kappa shape index (κ2) is 5.02. The number of carbonyl (C=O) groups excluding carboxylic acids is 1. The monoisotopic (exact) mass is 256 g/mol. The summed E-state index contributed by atoms with van der Waals surface area (Å²) in [4.78, 5) is 16.1. The Hall–Kier alpha value is -1.13. The van der Waals surface area contributed by atoms with Crippen LogP contribution in [-0.2, 0) is 0 Å². The van der Waals surface area contributed by atoms with Crippen molar-refractivity contribution in [3.63, 3.8) is 0 Å². The smallest absolute Gasteiger partial charge is 0.255 e. The van der Waals surface area contributed by atoms with E-state index in [1.807, 2.05) is 7.05 Å². The molecule has 0 aliphatic carbocycles. The number of nitrogens with zero attached hydrogens (tertiary/aromatic N) is 2. The Morgan fingerprint density at radius 1 is 1.29 bits per heavy atom. The Morgan fingerprint density at radius 3 is 2.53 bits per heavy atom. The van der Waals surface area contributed by atoms with Crippen LogP contribution in [0.3, 0.4) is 0 Å². The van der Waals surface area contributed by atoms with Gasteiger partial charge in [-0.05, 0) is 25.2 Å². The summed E-state index contributed by atoms with van der Waals surface area (Å²) in [6.07, 6.45) is 0. The molecule has 1 aliphatic heterocycles. The van der Waals surface area contributed by atoms with Gasteiger partial charge >= 0.3 is 0 Å². The van der Waals surface area contributed by atoms with Gasteiger partial charge < -0.3 is 9.80 Å². The predicted molar refractivity (Wildman–Crippen MR) is 64.8 cm³/mol. The van der Waals surface area contributed by atoms with Gasteiger partial charge in [0.25, 0.3) is 5.91 Å². The number of amides is 1. The van der Waals surface area contributed by atoms with Gasteiger partial charge in [-0.25, -0.2) is 4.39 Å². The van der Waals surface area contributed by atoms with Crippen molar-refractivity contribution in [3.8, 4) is 0 Å². The zero-order valence-electron chi connectivity index (χ0n) is 9.62. The average molecular weight is 257 g/mol. The number of carbonyl (C=O) groups is 1. The van der Waals surface area contributed by atoms with Crippen LogP contribution in [0, 0.1) is 5.82 Å². The van der Waals surface area contributed by atoms with E-state index >= 15 is 0 Å². The van der Waals surface area contributed by atoms with Crippen LogP contribution < -0.4 is 0 Å². The fourth-order valence-corrected chi connectivity index (χ4v) is 2.09. The average Bonchev–Trinajstić information content (AvgIpc) is 2.29. The number of hydrogen-bond acceptors (Lipinski definition) is 2. The van der Waals surface area contributed by atoms with E-state index in [2.05, 4.69) is 4.90 Å². The fourth-order valence-electron chi connectivity index (χ4n) is 1.84. The molecule has 0 saturated carbocycles. The molecule has 1 heterocycles. The molecule has 3 nitrogen and oxygen atoms in total. The summed E-state index contributed by atoms with van der Waals surface area (Å²) in [5.74, 6) is -0.548. The molecule has 0 bridgehead atoms. The van der Waals surface area contributed by atoms with E-state index in [4.69, 9.17) is 11.6 Å². The summed E-state index contributed by atoms with van der Waals surface area (Å²) in [6.45, 7) is 3.07. The summed E-state index contributed by atoms with van der Waals surface area (Å²) in [5, 5.41) is 0.175. The highest BCUT2D eigenvalue weighted by Crippen LogP contribution is 2.19. The first-order valence-corrected chi connectivity index (χ1v) is 5.88. The second-order valence-electron chi connectivity index (χ2n) is 4.22. The van der Waals surface area contributed by atoms with Gasteiger partial charge in [0.1, 0.15) is 5.82 Å². The normalized spacial score (nSPS) is 17.2. The topological polar surface area (TPSA) is 23.6 Å². The molecule has 0 aromatic heterocycles. The standard InChI is InChI=1S/C12H14ClFN2O/c1-15-4-6-16(7-5-15)12(17)10-3-2-9(14)8-11(10)13/h2-3,8H,4-7H2,1H3. The maximum atomic E-state index is 12.9. The van der Waals surface area contributed by atoms with Gasteiger partial charge in [-0.15, -0.1) is 0 Å². The lowest BCUT2D eigenvalue weighted by Crippen LogP contribution is -2.47. The van der Waals surface area contributed by atoms with Crippen LogP contribution in [0.25, 0.3) is 0 Å². The molecule has 1 aliphatic rings. The molecule has 1 aromatic carbocycles. The van der Waals surface area contributed by atoms with Crippen molar-refractivity contribution in [3.05, 3.63) is 34.6 Å². The summed E-state index contributed by atoms with van der Waals surface area (Å²) in [6, 6.07) is 3.87. The number of halogens is 2. The molecular weight excluding hydrogens is 243 g/mol. The van der Waals surface area contributed by atoms with E-state index in [9.17, 15) is 9.18 Å². The van der Waals surface area contributed by atoms with E-state index in [0.717, 1.165) is 13.1 Å². The van der Waals surface area contributed by atoms with Gasteiger partial charge in [0.15, 0.2) is 0 Å². The van der Waals surface area contributed by atoms with Crippen LogP contribution in [0.15, 0.2) is 18.2 Å². The second-order valence-corrected chi connectivity index (χ2v) is 4.63. The largest absolute Gasteiger partial charge is 0.336 e. The highest BCUT2D eigenvalue weighted by Gasteiger charge is 2.22. The molecule has 0 atom stereocenters.